The molecule has 1 saturated heterocycles. The average Bonchev–Trinajstić information content (AvgIpc) is 3.09. The molecule has 0 radical (unpaired) electrons. The lowest BCUT2D eigenvalue weighted by Gasteiger charge is -2.24. The Labute approximate surface area is 214 Å². The van der Waals surface area contributed by atoms with E-state index in [0.717, 1.165) is 11.3 Å². The zero-order valence-electron chi connectivity index (χ0n) is 19.2. The molecule has 1 fully saturated rings. The molecule has 35 heavy (non-hydrogen) atoms. The van der Waals surface area contributed by atoms with Gasteiger partial charge in [0.15, 0.2) is 5.11 Å². The minimum absolute atomic E-state index is 0.0903. The predicted molar refractivity (Wildman–Crippen MR) is 140 cm³/mol. The summed E-state index contributed by atoms with van der Waals surface area (Å²) in [5.74, 6) is 0.778. The van der Waals surface area contributed by atoms with Gasteiger partial charge in [0.05, 0.1) is 37.0 Å². The number of halogens is 1. The Morgan fingerprint density at radius 3 is 2.17 bits per heavy atom. The molecule has 3 aromatic rings. The van der Waals surface area contributed by atoms with Crippen molar-refractivity contribution in [1.29, 1.82) is 0 Å². The van der Waals surface area contributed by atoms with Crippen molar-refractivity contribution in [3.05, 3.63) is 83.4 Å². The summed E-state index contributed by atoms with van der Waals surface area (Å²) >= 11 is 11.9. The van der Waals surface area contributed by atoms with Crippen LogP contribution in [0.1, 0.15) is 12.0 Å². The molecule has 180 valence electrons. The van der Waals surface area contributed by atoms with Crippen LogP contribution in [-0.4, -0.2) is 42.1 Å². The quantitative estimate of drug-likeness (QED) is 0.436. The van der Waals surface area contributed by atoms with Gasteiger partial charge in [0, 0.05) is 6.54 Å². The zero-order valence-corrected chi connectivity index (χ0v) is 20.8. The number of hydrogen-bond donors (Lipinski definition) is 1. The summed E-state index contributed by atoms with van der Waals surface area (Å²) in [6, 6.07) is 20.7. The molecule has 0 saturated carbocycles. The number of rotatable bonds is 8. The molecule has 1 heterocycles. The molecule has 4 rings (SSSR count). The number of nitrogens with one attached hydrogen (secondary N) is 1. The van der Waals surface area contributed by atoms with E-state index in [9.17, 15) is 9.59 Å². The molecule has 2 amide bonds. The number of carbonyl (C=O) groups excluding carboxylic acids is 2. The maximum absolute atomic E-state index is 13.6. The smallest absolute Gasteiger partial charge is 0.256 e. The summed E-state index contributed by atoms with van der Waals surface area (Å²) < 4.78 is 10.5. The first kappa shape index (κ1) is 24.5. The summed E-state index contributed by atoms with van der Waals surface area (Å²) in [7, 11) is 3.18. The number of thiocarbonyl (C=S) groups is 1. The van der Waals surface area contributed by atoms with Gasteiger partial charge in [-0.1, -0.05) is 35.9 Å². The summed E-state index contributed by atoms with van der Waals surface area (Å²) in [4.78, 5) is 29.7. The Morgan fingerprint density at radius 2 is 1.57 bits per heavy atom. The van der Waals surface area contributed by atoms with Gasteiger partial charge < -0.3 is 19.7 Å². The Balaban J connectivity index is 1.61. The second-order valence-corrected chi connectivity index (χ2v) is 8.65. The number of methoxy groups -OCH3 is 2. The third-order valence-electron chi connectivity index (χ3n) is 5.69. The molecule has 0 spiro atoms. The lowest BCUT2D eigenvalue weighted by molar-refractivity contribution is -0.124. The first-order chi connectivity index (χ1) is 16.9. The maximum atomic E-state index is 13.6. The number of ether oxygens (including phenoxy) is 2. The highest BCUT2D eigenvalue weighted by Crippen LogP contribution is 2.30. The van der Waals surface area contributed by atoms with Crippen molar-refractivity contribution < 1.29 is 19.1 Å². The number of hydrogen-bond acceptors (Lipinski definition) is 5. The number of amides is 2. The van der Waals surface area contributed by atoms with Gasteiger partial charge in [-0.2, -0.15) is 0 Å². The Hall–Kier alpha value is -3.62. The Bertz CT molecular complexity index is 1230. The third kappa shape index (κ3) is 5.39. The molecule has 1 aliphatic heterocycles. The molecule has 0 aromatic heterocycles. The van der Waals surface area contributed by atoms with Gasteiger partial charge >= 0.3 is 0 Å². The number of nitrogens with zero attached hydrogens (tertiary/aromatic N) is 2. The van der Waals surface area contributed by atoms with Gasteiger partial charge in [0.1, 0.15) is 17.5 Å². The van der Waals surface area contributed by atoms with Crippen molar-refractivity contribution in [3.63, 3.8) is 0 Å². The minimum atomic E-state index is -0.783. The number of para-hydroxylation sites is 1. The van der Waals surface area contributed by atoms with Crippen LogP contribution in [0.4, 0.5) is 11.4 Å². The molecular weight excluding hydrogens is 486 g/mol. The van der Waals surface area contributed by atoms with E-state index in [1.165, 1.54) is 4.90 Å². The number of anilines is 2. The van der Waals surface area contributed by atoms with E-state index in [0.29, 0.717) is 33.8 Å². The summed E-state index contributed by atoms with van der Waals surface area (Å²) in [5, 5.41) is 3.54. The Kier molecular flexibility index (Phi) is 7.53. The third-order valence-corrected chi connectivity index (χ3v) is 6.43. The largest absolute Gasteiger partial charge is 0.497 e. The van der Waals surface area contributed by atoms with Crippen molar-refractivity contribution in [1.82, 2.24) is 4.90 Å². The van der Waals surface area contributed by atoms with E-state index in [-0.39, 0.29) is 18.2 Å². The van der Waals surface area contributed by atoms with Crippen molar-refractivity contribution in [2.24, 2.45) is 0 Å². The molecule has 9 heteroatoms. The van der Waals surface area contributed by atoms with Crippen molar-refractivity contribution in [2.75, 3.05) is 24.4 Å². The van der Waals surface area contributed by atoms with Crippen LogP contribution in [0.25, 0.3) is 0 Å². The SMILES string of the molecule is COc1ccc(CN2C(=S)N(c3ccc(OC)cc3)C(=O)C2CC(=O)Nc2ccccc2Cl)cc1. The van der Waals surface area contributed by atoms with Crippen LogP contribution in [0.2, 0.25) is 5.02 Å². The van der Waals surface area contributed by atoms with Gasteiger partial charge in [-0.15, -0.1) is 0 Å². The summed E-state index contributed by atoms with van der Waals surface area (Å²) in [6.07, 6.45) is -0.0903. The zero-order chi connectivity index (χ0) is 24.9. The fraction of sp³-hybridized carbons (Fsp3) is 0.192. The first-order valence-corrected chi connectivity index (χ1v) is 11.7. The normalized spacial score (nSPS) is 15.3. The van der Waals surface area contributed by atoms with Gasteiger partial charge in [0.2, 0.25) is 5.91 Å². The lowest BCUT2D eigenvalue weighted by Crippen LogP contribution is -2.37. The molecule has 3 aromatic carbocycles. The monoisotopic (exact) mass is 509 g/mol. The van der Waals surface area contributed by atoms with Crippen molar-refractivity contribution >= 4 is 52.1 Å². The molecule has 1 atom stereocenters. The molecule has 1 N–H and O–H groups in total. The highest BCUT2D eigenvalue weighted by atomic mass is 35.5. The highest BCUT2D eigenvalue weighted by molar-refractivity contribution is 7.80. The van der Waals surface area contributed by atoms with E-state index in [4.69, 9.17) is 33.3 Å². The van der Waals surface area contributed by atoms with E-state index >= 15 is 0 Å². The van der Waals surface area contributed by atoms with Gasteiger partial charge in [0.25, 0.3) is 5.91 Å². The Morgan fingerprint density at radius 1 is 0.971 bits per heavy atom. The minimum Gasteiger partial charge on any atom is -0.497 e. The van der Waals surface area contributed by atoms with Crippen molar-refractivity contribution in [2.45, 2.75) is 19.0 Å². The van der Waals surface area contributed by atoms with Gasteiger partial charge in [-0.25, -0.2) is 0 Å². The highest BCUT2D eigenvalue weighted by Gasteiger charge is 2.44. The summed E-state index contributed by atoms with van der Waals surface area (Å²) in [6.45, 7) is 0.352. The van der Waals surface area contributed by atoms with Crippen LogP contribution >= 0.6 is 23.8 Å². The van der Waals surface area contributed by atoms with Crippen LogP contribution < -0.4 is 19.7 Å². The molecule has 1 aliphatic rings. The van der Waals surface area contributed by atoms with Gasteiger partial charge in [-0.05, 0) is 66.3 Å². The average molecular weight is 510 g/mol. The molecule has 0 bridgehead atoms. The lowest BCUT2D eigenvalue weighted by atomic mass is 10.1. The van der Waals surface area contributed by atoms with Crippen LogP contribution in [0.3, 0.4) is 0 Å². The van der Waals surface area contributed by atoms with E-state index < -0.39 is 6.04 Å². The van der Waals surface area contributed by atoms with Gasteiger partial charge in [-0.3, -0.25) is 14.5 Å². The molecular formula is C26H24ClN3O4S. The van der Waals surface area contributed by atoms with E-state index in [2.05, 4.69) is 5.32 Å². The van der Waals surface area contributed by atoms with Crippen LogP contribution in [0, 0.1) is 0 Å². The fourth-order valence-electron chi connectivity index (χ4n) is 3.85. The molecule has 0 aliphatic carbocycles. The van der Waals surface area contributed by atoms with Crippen molar-refractivity contribution in [3.8, 4) is 11.5 Å². The van der Waals surface area contributed by atoms with Crippen LogP contribution in [0.15, 0.2) is 72.8 Å². The second kappa shape index (κ2) is 10.8. The molecule has 1 unspecified atom stereocenters. The standard InChI is InChI=1S/C26H24ClN3O4S/c1-33-19-11-7-17(8-12-19)16-29-23(15-24(31)28-22-6-4-3-5-21(22)27)25(32)30(26(29)35)18-9-13-20(34-2)14-10-18/h3-14,23H,15-16H2,1-2H3,(H,28,31). The predicted octanol–water partition coefficient (Wildman–Crippen LogP) is 4.89. The summed E-state index contributed by atoms with van der Waals surface area (Å²) in [5.41, 5.74) is 2.02. The second-order valence-electron chi connectivity index (χ2n) is 7.88. The van der Waals surface area contributed by atoms with Crippen LogP contribution in [0.5, 0.6) is 11.5 Å². The van der Waals surface area contributed by atoms with Crippen LogP contribution in [-0.2, 0) is 16.1 Å². The maximum Gasteiger partial charge on any atom is 0.256 e. The number of carbonyl (C=O) groups is 2. The molecule has 7 nitrogen and oxygen atoms in total. The topological polar surface area (TPSA) is 71.1 Å². The fourth-order valence-corrected chi connectivity index (χ4v) is 4.42. The first-order valence-electron chi connectivity index (χ1n) is 10.9. The van der Waals surface area contributed by atoms with E-state index in [1.54, 1.807) is 67.7 Å². The van der Waals surface area contributed by atoms with E-state index in [1.807, 2.05) is 24.3 Å². The number of benzene rings is 3.